The molecule has 0 bridgehead atoms. The van der Waals surface area contributed by atoms with Crippen molar-refractivity contribution in [1.29, 1.82) is 0 Å². The first kappa shape index (κ1) is 26.5. The number of amides is 3. The highest BCUT2D eigenvalue weighted by molar-refractivity contribution is 6.30. The molecule has 4 N–H and O–H groups in total. The van der Waals surface area contributed by atoms with E-state index in [2.05, 4.69) is 35.1 Å². The van der Waals surface area contributed by atoms with Gasteiger partial charge in [-0.15, -0.1) is 0 Å². The SMILES string of the molecule is CC[C@H](C)[C@@H]1NCCCCCNC(=O)[C@H](Cc2cccc(Cl)c2)NC(=O)C2(CCCC2)NC1=O. The Kier molecular flexibility index (Phi) is 9.77. The lowest BCUT2D eigenvalue weighted by atomic mass is 9.92. The number of hydrogen-bond acceptors (Lipinski definition) is 4. The summed E-state index contributed by atoms with van der Waals surface area (Å²) in [5.74, 6) is -0.468. The lowest BCUT2D eigenvalue weighted by molar-refractivity contribution is -0.137. The minimum Gasteiger partial charge on any atom is -0.354 e. The van der Waals surface area contributed by atoms with Gasteiger partial charge in [-0.1, -0.05) is 63.3 Å². The van der Waals surface area contributed by atoms with E-state index < -0.39 is 11.6 Å². The number of hydrogen-bond donors (Lipinski definition) is 4. The van der Waals surface area contributed by atoms with E-state index in [1.54, 1.807) is 6.07 Å². The van der Waals surface area contributed by atoms with Gasteiger partial charge in [0.1, 0.15) is 11.6 Å². The van der Waals surface area contributed by atoms with Crippen molar-refractivity contribution in [3.8, 4) is 0 Å². The molecule has 1 saturated carbocycles. The van der Waals surface area contributed by atoms with Gasteiger partial charge < -0.3 is 21.3 Å². The van der Waals surface area contributed by atoms with Crippen LogP contribution in [0.15, 0.2) is 24.3 Å². The van der Waals surface area contributed by atoms with Gasteiger partial charge >= 0.3 is 0 Å². The number of halogens is 1. The average Bonchev–Trinajstić information content (AvgIpc) is 3.28. The Balaban J connectivity index is 1.86. The maximum Gasteiger partial charge on any atom is 0.246 e. The Morgan fingerprint density at radius 1 is 1.03 bits per heavy atom. The Bertz CT molecular complexity index is 856. The topological polar surface area (TPSA) is 99.3 Å². The van der Waals surface area contributed by atoms with Gasteiger partial charge in [0.25, 0.3) is 0 Å². The van der Waals surface area contributed by atoms with Crippen LogP contribution in [0.25, 0.3) is 0 Å². The Morgan fingerprint density at radius 2 is 1.76 bits per heavy atom. The largest absolute Gasteiger partial charge is 0.354 e. The number of carbonyl (C=O) groups excluding carboxylic acids is 3. The first-order valence-corrected chi connectivity index (χ1v) is 13.1. The molecule has 1 saturated heterocycles. The van der Waals surface area contributed by atoms with Gasteiger partial charge in [0.15, 0.2) is 0 Å². The molecule has 2 aliphatic rings. The molecule has 1 aliphatic carbocycles. The quantitative estimate of drug-likeness (QED) is 0.521. The van der Waals surface area contributed by atoms with Gasteiger partial charge in [-0.3, -0.25) is 14.4 Å². The normalized spacial score (nSPS) is 25.6. The second-order valence-electron chi connectivity index (χ2n) is 9.81. The molecule has 0 unspecified atom stereocenters. The molecule has 7 nitrogen and oxygen atoms in total. The summed E-state index contributed by atoms with van der Waals surface area (Å²) in [5.41, 5.74) is -0.117. The molecule has 1 aromatic rings. The fourth-order valence-corrected chi connectivity index (χ4v) is 5.13. The van der Waals surface area contributed by atoms with Crippen LogP contribution in [0, 0.1) is 5.92 Å². The molecule has 1 aliphatic heterocycles. The van der Waals surface area contributed by atoms with Crippen molar-refractivity contribution in [3.63, 3.8) is 0 Å². The summed E-state index contributed by atoms with van der Waals surface area (Å²) in [6.45, 7) is 5.42. The van der Waals surface area contributed by atoms with Crippen LogP contribution >= 0.6 is 11.6 Å². The summed E-state index contributed by atoms with van der Waals surface area (Å²) < 4.78 is 0. The van der Waals surface area contributed by atoms with Crippen molar-refractivity contribution in [3.05, 3.63) is 34.9 Å². The van der Waals surface area contributed by atoms with Crippen molar-refractivity contribution >= 4 is 29.3 Å². The molecule has 0 radical (unpaired) electrons. The summed E-state index contributed by atoms with van der Waals surface area (Å²) in [4.78, 5) is 40.1. The minimum atomic E-state index is -0.989. The van der Waals surface area contributed by atoms with Crippen LogP contribution in [0.1, 0.15) is 70.8 Å². The van der Waals surface area contributed by atoms with Crippen LogP contribution in [-0.2, 0) is 20.8 Å². The molecule has 0 aromatic heterocycles. The summed E-state index contributed by atoms with van der Waals surface area (Å²) >= 11 is 6.15. The van der Waals surface area contributed by atoms with Crippen LogP contribution < -0.4 is 21.3 Å². The second-order valence-corrected chi connectivity index (χ2v) is 10.2. The molecule has 1 heterocycles. The zero-order valence-corrected chi connectivity index (χ0v) is 21.2. The average molecular weight is 491 g/mol. The van der Waals surface area contributed by atoms with Gasteiger partial charge in [0.2, 0.25) is 17.7 Å². The molecule has 3 atom stereocenters. The van der Waals surface area contributed by atoms with Gasteiger partial charge in [0.05, 0.1) is 6.04 Å². The Morgan fingerprint density at radius 3 is 2.47 bits per heavy atom. The molecule has 3 rings (SSSR count). The molecular formula is C26H39ClN4O3. The van der Waals surface area contributed by atoms with Gasteiger partial charge in [-0.25, -0.2) is 0 Å². The summed E-state index contributed by atoms with van der Waals surface area (Å²) in [6, 6.07) is 6.24. The van der Waals surface area contributed by atoms with Crippen LogP contribution in [0.5, 0.6) is 0 Å². The summed E-state index contributed by atoms with van der Waals surface area (Å²) in [5, 5.41) is 13.1. The van der Waals surface area contributed by atoms with Crippen molar-refractivity contribution in [2.75, 3.05) is 13.1 Å². The predicted molar refractivity (Wildman–Crippen MR) is 135 cm³/mol. The smallest absolute Gasteiger partial charge is 0.246 e. The van der Waals surface area contributed by atoms with E-state index in [0.717, 1.165) is 50.6 Å². The van der Waals surface area contributed by atoms with E-state index in [-0.39, 0.29) is 29.7 Å². The van der Waals surface area contributed by atoms with E-state index in [9.17, 15) is 14.4 Å². The van der Waals surface area contributed by atoms with E-state index in [0.29, 0.717) is 30.8 Å². The zero-order chi connectivity index (χ0) is 24.6. The highest BCUT2D eigenvalue weighted by Gasteiger charge is 2.45. The van der Waals surface area contributed by atoms with E-state index >= 15 is 0 Å². The highest BCUT2D eigenvalue weighted by atomic mass is 35.5. The van der Waals surface area contributed by atoms with E-state index in [1.165, 1.54) is 0 Å². The fraction of sp³-hybridized carbons (Fsp3) is 0.654. The number of carbonyl (C=O) groups is 3. The monoisotopic (exact) mass is 490 g/mol. The highest BCUT2D eigenvalue weighted by Crippen LogP contribution is 2.31. The zero-order valence-electron chi connectivity index (χ0n) is 20.4. The standard InChI is InChI=1S/C26H39ClN4O3/c1-3-18(2)22-24(33)31-26(12-5-6-13-26)25(34)30-21(17-19-10-9-11-20(27)16-19)23(32)29-15-8-4-7-14-28-22/h9-11,16,18,21-22,28H,3-8,12-15,17H2,1-2H3,(H,29,32)(H,30,34)(H,31,33)/t18-,21-,22-/m0/s1. The third-order valence-electron chi connectivity index (χ3n) is 7.22. The molecule has 3 amide bonds. The predicted octanol–water partition coefficient (Wildman–Crippen LogP) is 3.10. The lowest BCUT2D eigenvalue weighted by Gasteiger charge is -2.34. The van der Waals surface area contributed by atoms with Gasteiger partial charge in [0, 0.05) is 18.0 Å². The van der Waals surface area contributed by atoms with Crippen molar-refractivity contribution in [2.24, 2.45) is 5.92 Å². The Hall–Kier alpha value is -2.12. The Labute approximate surface area is 208 Å². The maximum atomic E-state index is 13.6. The third kappa shape index (κ3) is 6.95. The lowest BCUT2D eigenvalue weighted by Crippen LogP contribution is -2.63. The van der Waals surface area contributed by atoms with E-state index in [4.69, 9.17) is 11.6 Å². The van der Waals surface area contributed by atoms with Gasteiger partial charge in [-0.2, -0.15) is 0 Å². The molecule has 1 aromatic carbocycles. The maximum absolute atomic E-state index is 13.6. The van der Waals surface area contributed by atoms with Crippen molar-refractivity contribution < 1.29 is 14.4 Å². The summed E-state index contributed by atoms with van der Waals surface area (Å²) in [6.07, 6.45) is 6.77. The minimum absolute atomic E-state index is 0.128. The number of nitrogens with one attached hydrogen (secondary N) is 4. The van der Waals surface area contributed by atoms with E-state index in [1.807, 2.05) is 18.2 Å². The van der Waals surface area contributed by atoms with Crippen LogP contribution in [0.4, 0.5) is 0 Å². The number of rotatable bonds is 4. The third-order valence-corrected chi connectivity index (χ3v) is 7.45. The van der Waals surface area contributed by atoms with Crippen molar-refractivity contribution in [1.82, 2.24) is 21.3 Å². The van der Waals surface area contributed by atoms with Gasteiger partial charge in [-0.05, 0) is 55.8 Å². The fourth-order valence-electron chi connectivity index (χ4n) is 4.91. The molecule has 2 fully saturated rings. The molecule has 188 valence electrons. The van der Waals surface area contributed by atoms with Crippen molar-refractivity contribution in [2.45, 2.75) is 89.3 Å². The first-order valence-electron chi connectivity index (χ1n) is 12.7. The molecule has 1 spiro atoms. The van der Waals surface area contributed by atoms with Crippen LogP contribution in [-0.4, -0.2) is 48.4 Å². The second kappa shape index (κ2) is 12.5. The first-order chi connectivity index (χ1) is 16.3. The molecule has 34 heavy (non-hydrogen) atoms. The number of benzene rings is 1. The molecule has 8 heteroatoms. The summed E-state index contributed by atoms with van der Waals surface area (Å²) in [7, 11) is 0. The van der Waals surface area contributed by atoms with Crippen LogP contribution in [0.2, 0.25) is 5.02 Å². The van der Waals surface area contributed by atoms with Crippen LogP contribution in [0.3, 0.4) is 0 Å². The molecular weight excluding hydrogens is 452 g/mol.